The highest BCUT2D eigenvalue weighted by Gasteiger charge is 2.29. The van der Waals surface area contributed by atoms with E-state index in [1.165, 1.54) is 30.6 Å². The van der Waals surface area contributed by atoms with Crippen LogP contribution in [0, 0.1) is 0 Å². The van der Waals surface area contributed by atoms with Crippen molar-refractivity contribution in [2.24, 2.45) is 0 Å². The minimum Gasteiger partial charge on any atom is -0.260 e. The zero-order chi connectivity index (χ0) is 13.2. The van der Waals surface area contributed by atoms with E-state index in [1.807, 2.05) is 0 Å². The fraction of sp³-hybridized carbons (Fsp3) is 0.0769. The predicted octanol–water partition coefficient (Wildman–Crippen LogP) is 3.81. The first kappa shape index (κ1) is 12.3. The molecular formula is C13H9F3N2. The van der Waals surface area contributed by atoms with Crippen LogP contribution in [0.1, 0.15) is 11.3 Å². The summed E-state index contributed by atoms with van der Waals surface area (Å²) in [7, 11) is 0. The molecule has 0 saturated carbocycles. The molecule has 0 aliphatic rings. The number of hydrogen-bond acceptors (Lipinski definition) is 2. The quantitative estimate of drug-likeness (QED) is 0.810. The van der Waals surface area contributed by atoms with Crippen LogP contribution in [0.4, 0.5) is 13.2 Å². The largest absolute Gasteiger partial charge is 0.416 e. The number of halogens is 3. The highest BCUT2D eigenvalue weighted by Crippen LogP contribution is 2.30. The lowest BCUT2D eigenvalue weighted by Gasteiger charge is -2.07. The summed E-state index contributed by atoms with van der Waals surface area (Å²) >= 11 is 0. The van der Waals surface area contributed by atoms with E-state index in [0.29, 0.717) is 17.0 Å². The third-order valence-electron chi connectivity index (χ3n) is 2.37. The lowest BCUT2D eigenvalue weighted by Crippen LogP contribution is -2.04. The molecule has 0 aliphatic heterocycles. The van der Waals surface area contributed by atoms with Gasteiger partial charge >= 0.3 is 6.18 Å². The van der Waals surface area contributed by atoms with Gasteiger partial charge in [-0.25, -0.2) is 4.98 Å². The van der Waals surface area contributed by atoms with Crippen molar-refractivity contribution in [2.45, 2.75) is 6.18 Å². The Balaban J connectivity index is 2.37. The highest BCUT2D eigenvalue weighted by molar-refractivity contribution is 5.60. The van der Waals surface area contributed by atoms with E-state index in [4.69, 9.17) is 0 Å². The fourth-order valence-corrected chi connectivity index (χ4v) is 1.45. The molecule has 0 saturated heterocycles. The topological polar surface area (TPSA) is 25.8 Å². The van der Waals surface area contributed by atoms with E-state index in [1.54, 1.807) is 0 Å². The normalized spacial score (nSPS) is 11.3. The smallest absolute Gasteiger partial charge is 0.260 e. The summed E-state index contributed by atoms with van der Waals surface area (Å²) in [6.45, 7) is 3.56. The number of hydrogen-bond donors (Lipinski definition) is 0. The van der Waals surface area contributed by atoms with Crippen LogP contribution in [0.25, 0.3) is 17.3 Å². The van der Waals surface area contributed by atoms with Crippen molar-refractivity contribution in [3.63, 3.8) is 0 Å². The van der Waals surface area contributed by atoms with Gasteiger partial charge in [-0.1, -0.05) is 18.7 Å². The molecule has 0 fully saturated rings. The Hall–Kier alpha value is -2.17. The van der Waals surface area contributed by atoms with Crippen molar-refractivity contribution in [3.8, 4) is 11.3 Å². The number of alkyl halides is 3. The summed E-state index contributed by atoms with van der Waals surface area (Å²) in [6, 6.07) is 4.80. The Morgan fingerprint density at radius 2 is 1.72 bits per heavy atom. The third-order valence-corrected chi connectivity index (χ3v) is 2.37. The van der Waals surface area contributed by atoms with Gasteiger partial charge in [-0.2, -0.15) is 13.2 Å². The molecule has 5 heteroatoms. The number of nitrogens with zero attached hydrogens (tertiary/aromatic N) is 2. The zero-order valence-corrected chi connectivity index (χ0v) is 9.28. The van der Waals surface area contributed by atoms with Crippen LogP contribution < -0.4 is 0 Å². The Morgan fingerprint density at radius 1 is 1.06 bits per heavy atom. The molecule has 2 rings (SSSR count). The minimum atomic E-state index is -4.33. The lowest BCUT2D eigenvalue weighted by molar-refractivity contribution is -0.137. The average Bonchev–Trinajstić information content (AvgIpc) is 2.38. The van der Waals surface area contributed by atoms with Gasteiger partial charge in [-0.15, -0.1) is 0 Å². The van der Waals surface area contributed by atoms with Crippen LogP contribution in [-0.4, -0.2) is 9.97 Å². The van der Waals surface area contributed by atoms with E-state index in [-0.39, 0.29) is 0 Å². The molecule has 0 aliphatic carbocycles. The van der Waals surface area contributed by atoms with Gasteiger partial charge in [0.15, 0.2) is 0 Å². The van der Waals surface area contributed by atoms with Gasteiger partial charge in [0.1, 0.15) is 0 Å². The molecule has 0 bridgehead atoms. The van der Waals surface area contributed by atoms with Crippen molar-refractivity contribution < 1.29 is 13.2 Å². The molecule has 2 aromatic rings. The van der Waals surface area contributed by atoms with Crippen molar-refractivity contribution in [1.29, 1.82) is 0 Å². The highest BCUT2D eigenvalue weighted by atomic mass is 19.4. The Labute approximate surface area is 102 Å². The molecule has 1 heterocycles. The van der Waals surface area contributed by atoms with Crippen molar-refractivity contribution in [2.75, 3.05) is 0 Å². The maximum Gasteiger partial charge on any atom is 0.416 e. The van der Waals surface area contributed by atoms with Gasteiger partial charge in [0, 0.05) is 5.56 Å². The molecule has 2 nitrogen and oxygen atoms in total. The molecular weight excluding hydrogens is 241 g/mol. The maximum absolute atomic E-state index is 12.4. The number of benzene rings is 1. The third kappa shape index (κ3) is 2.56. The van der Waals surface area contributed by atoms with Crippen molar-refractivity contribution in [1.82, 2.24) is 9.97 Å². The van der Waals surface area contributed by atoms with Crippen molar-refractivity contribution in [3.05, 3.63) is 54.5 Å². The summed E-state index contributed by atoms with van der Waals surface area (Å²) in [6.07, 6.45) is 0.226. The van der Waals surface area contributed by atoms with Crippen molar-refractivity contribution >= 4 is 6.08 Å². The summed E-state index contributed by atoms with van der Waals surface area (Å²) in [5.41, 5.74) is 0.992. The van der Waals surface area contributed by atoms with Gasteiger partial charge in [-0.05, 0) is 18.2 Å². The molecule has 92 valence electrons. The van der Waals surface area contributed by atoms with Gasteiger partial charge < -0.3 is 0 Å². The van der Waals surface area contributed by atoms with Gasteiger partial charge in [0.2, 0.25) is 0 Å². The molecule has 1 aromatic heterocycles. The summed E-state index contributed by atoms with van der Waals surface area (Å²) in [5.74, 6) is 0. The first-order valence-corrected chi connectivity index (χ1v) is 5.13. The Morgan fingerprint density at radius 3 is 2.28 bits per heavy atom. The first-order valence-electron chi connectivity index (χ1n) is 5.13. The molecule has 1 aromatic carbocycles. The van der Waals surface area contributed by atoms with E-state index < -0.39 is 11.7 Å². The Kier molecular flexibility index (Phi) is 3.14. The number of rotatable bonds is 2. The van der Waals surface area contributed by atoms with E-state index >= 15 is 0 Å². The van der Waals surface area contributed by atoms with E-state index in [2.05, 4.69) is 16.5 Å². The van der Waals surface area contributed by atoms with Crippen LogP contribution in [0.2, 0.25) is 0 Å². The second kappa shape index (κ2) is 4.60. The molecule has 0 N–H and O–H groups in total. The van der Waals surface area contributed by atoms with E-state index in [9.17, 15) is 13.2 Å². The summed E-state index contributed by atoms with van der Waals surface area (Å²) < 4.78 is 37.2. The van der Waals surface area contributed by atoms with Crippen LogP contribution in [0.15, 0.2) is 43.2 Å². The first-order chi connectivity index (χ1) is 8.50. The second-order valence-corrected chi connectivity index (χ2v) is 3.61. The molecule has 0 radical (unpaired) electrons. The zero-order valence-electron chi connectivity index (χ0n) is 9.28. The standard InChI is InChI=1S/C13H9F3N2/c1-2-11-7-17-8-12(18-11)9-3-5-10(6-4-9)13(14,15)16/h2-8H,1H2. The number of aromatic nitrogens is 2. The SMILES string of the molecule is C=Cc1cncc(-c2ccc(C(F)(F)F)cc2)n1. The molecule has 0 spiro atoms. The van der Waals surface area contributed by atoms with Gasteiger partial charge in [-0.3, -0.25) is 4.98 Å². The predicted molar refractivity (Wildman–Crippen MR) is 62.6 cm³/mol. The maximum atomic E-state index is 12.4. The molecule has 18 heavy (non-hydrogen) atoms. The van der Waals surface area contributed by atoms with Crippen LogP contribution in [0.3, 0.4) is 0 Å². The van der Waals surface area contributed by atoms with E-state index in [0.717, 1.165) is 12.1 Å². The molecule has 0 amide bonds. The van der Waals surface area contributed by atoms with Crippen LogP contribution in [0.5, 0.6) is 0 Å². The van der Waals surface area contributed by atoms with Gasteiger partial charge in [0.25, 0.3) is 0 Å². The average molecular weight is 250 g/mol. The Bertz CT molecular complexity index is 559. The molecule has 0 atom stereocenters. The summed E-state index contributed by atoms with van der Waals surface area (Å²) in [5, 5.41) is 0. The summed E-state index contributed by atoms with van der Waals surface area (Å²) in [4.78, 5) is 8.14. The fourth-order valence-electron chi connectivity index (χ4n) is 1.45. The minimum absolute atomic E-state index is 0.515. The van der Waals surface area contributed by atoms with Crippen LogP contribution in [-0.2, 0) is 6.18 Å². The monoisotopic (exact) mass is 250 g/mol. The van der Waals surface area contributed by atoms with Crippen LogP contribution >= 0.6 is 0 Å². The lowest BCUT2D eigenvalue weighted by atomic mass is 10.1. The second-order valence-electron chi connectivity index (χ2n) is 3.61. The molecule has 0 unspecified atom stereocenters. The van der Waals surface area contributed by atoms with Gasteiger partial charge in [0.05, 0.1) is 29.3 Å².